The molecule has 1 heterocycles. The number of methoxy groups -OCH3 is 2. The van der Waals surface area contributed by atoms with Crippen molar-refractivity contribution in [3.05, 3.63) is 17.2 Å². The van der Waals surface area contributed by atoms with E-state index in [0.717, 1.165) is 26.2 Å². The number of piperazine rings is 1. The van der Waals surface area contributed by atoms with Gasteiger partial charge in [-0.1, -0.05) is 11.6 Å². The summed E-state index contributed by atoms with van der Waals surface area (Å²) in [5.74, 6) is 1.17. The van der Waals surface area contributed by atoms with Gasteiger partial charge in [-0.05, 0) is 19.3 Å². The van der Waals surface area contributed by atoms with Crippen LogP contribution < -0.4 is 20.2 Å². The van der Waals surface area contributed by atoms with Gasteiger partial charge in [0.1, 0.15) is 11.5 Å². The number of hydrogen-bond donors (Lipinski definition) is 2. The van der Waals surface area contributed by atoms with Gasteiger partial charge in [0, 0.05) is 38.3 Å². The lowest BCUT2D eigenvalue weighted by molar-refractivity contribution is 0.131. The third kappa shape index (κ3) is 4.36. The molecule has 2 N–H and O–H groups in total. The number of rotatable bonds is 4. The highest BCUT2D eigenvalue weighted by Gasteiger charge is 2.16. The number of ether oxygens (including phenoxy) is 2. The van der Waals surface area contributed by atoms with E-state index in [2.05, 4.69) is 27.7 Å². The van der Waals surface area contributed by atoms with E-state index in [9.17, 15) is 0 Å². The summed E-state index contributed by atoms with van der Waals surface area (Å²) in [6.07, 6.45) is 0. The fraction of sp³-hybridized carbons (Fsp3) is 0.500. The highest BCUT2D eigenvalue weighted by molar-refractivity contribution is 7.80. The summed E-state index contributed by atoms with van der Waals surface area (Å²) in [6, 6.07) is 3.46. The van der Waals surface area contributed by atoms with Crippen molar-refractivity contribution in [2.75, 3.05) is 52.8 Å². The van der Waals surface area contributed by atoms with Gasteiger partial charge >= 0.3 is 0 Å². The number of nitrogens with zero attached hydrogens (tertiary/aromatic N) is 2. The molecule has 8 heteroatoms. The van der Waals surface area contributed by atoms with Crippen LogP contribution in [0.1, 0.15) is 0 Å². The van der Waals surface area contributed by atoms with Crippen LogP contribution in [0.4, 0.5) is 5.69 Å². The minimum Gasteiger partial charge on any atom is -0.495 e. The number of hydrazine groups is 1. The molecule has 1 aromatic rings. The van der Waals surface area contributed by atoms with Gasteiger partial charge in [0.25, 0.3) is 0 Å². The van der Waals surface area contributed by atoms with Crippen LogP contribution in [0.5, 0.6) is 11.5 Å². The Labute approximate surface area is 141 Å². The molecule has 0 unspecified atom stereocenters. The van der Waals surface area contributed by atoms with Crippen LogP contribution in [0.2, 0.25) is 5.02 Å². The molecule has 0 aliphatic carbocycles. The minimum atomic E-state index is 0.489. The first-order valence-corrected chi connectivity index (χ1v) is 7.74. The van der Waals surface area contributed by atoms with Gasteiger partial charge in [-0.15, -0.1) is 0 Å². The van der Waals surface area contributed by atoms with Crippen molar-refractivity contribution in [1.29, 1.82) is 0 Å². The molecule has 0 aromatic heterocycles. The van der Waals surface area contributed by atoms with Crippen molar-refractivity contribution in [1.82, 2.24) is 15.3 Å². The zero-order chi connectivity index (χ0) is 16.1. The molecule has 1 aliphatic heterocycles. The van der Waals surface area contributed by atoms with Crippen LogP contribution in [0.3, 0.4) is 0 Å². The largest absolute Gasteiger partial charge is 0.495 e. The highest BCUT2D eigenvalue weighted by Crippen LogP contribution is 2.35. The van der Waals surface area contributed by atoms with Gasteiger partial charge < -0.3 is 19.7 Å². The fourth-order valence-electron chi connectivity index (χ4n) is 2.17. The molecule has 1 fully saturated rings. The lowest BCUT2D eigenvalue weighted by atomic mass is 10.2. The SMILES string of the molecule is COc1cc(NC(=S)NN2CCN(C)CC2)c(OC)cc1Cl. The average molecular weight is 345 g/mol. The smallest absolute Gasteiger partial charge is 0.185 e. The van der Waals surface area contributed by atoms with E-state index < -0.39 is 0 Å². The Balaban J connectivity index is 2.01. The van der Waals surface area contributed by atoms with Crippen LogP contribution in [0, 0.1) is 0 Å². The van der Waals surface area contributed by atoms with Crippen molar-refractivity contribution in [3.8, 4) is 11.5 Å². The Hall–Kier alpha value is -1.28. The number of likely N-dealkylation sites (N-methyl/N-ethyl adjacent to an activating group) is 1. The van der Waals surface area contributed by atoms with Gasteiger partial charge in [-0.25, -0.2) is 5.01 Å². The molecule has 0 amide bonds. The van der Waals surface area contributed by atoms with Gasteiger partial charge in [-0.2, -0.15) is 0 Å². The molecular weight excluding hydrogens is 324 g/mol. The zero-order valence-electron chi connectivity index (χ0n) is 13.0. The average Bonchev–Trinajstić information content (AvgIpc) is 2.50. The summed E-state index contributed by atoms with van der Waals surface area (Å²) in [4.78, 5) is 2.28. The van der Waals surface area contributed by atoms with Crippen molar-refractivity contribution < 1.29 is 9.47 Å². The van der Waals surface area contributed by atoms with Crippen molar-refractivity contribution in [2.45, 2.75) is 0 Å². The van der Waals surface area contributed by atoms with E-state index in [4.69, 9.17) is 33.3 Å². The second-order valence-corrected chi connectivity index (χ2v) is 5.86. The molecule has 22 heavy (non-hydrogen) atoms. The quantitative estimate of drug-likeness (QED) is 0.808. The van der Waals surface area contributed by atoms with Gasteiger partial charge in [0.2, 0.25) is 0 Å². The van der Waals surface area contributed by atoms with Crippen molar-refractivity contribution in [2.24, 2.45) is 0 Å². The lowest BCUT2D eigenvalue weighted by Crippen LogP contribution is -2.53. The second kappa shape index (κ2) is 7.82. The Morgan fingerprint density at radius 2 is 1.77 bits per heavy atom. The molecule has 0 saturated carbocycles. The van der Waals surface area contributed by atoms with Gasteiger partial charge in [0.05, 0.1) is 24.9 Å². The monoisotopic (exact) mass is 344 g/mol. The maximum absolute atomic E-state index is 6.09. The number of anilines is 1. The Bertz CT molecular complexity index is 536. The zero-order valence-corrected chi connectivity index (χ0v) is 14.6. The summed E-state index contributed by atoms with van der Waals surface area (Å²) in [5.41, 5.74) is 3.89. The van der Waals surface area contributed by atoms with E-state index in [0.29, 0.717) is 27.3 Å². The Morgan fingerprint density at radius 1 is 1.14 bits per heavy atom. The predicted octanol–water partition coefficient (Wildman–Crippen LogP) is 1.81. The van der Waals surface area contributed by atoms with E-state index in [1.807, 2.05) is 0 Å². The normalized spacial score (nSPS) is 16.2. The molecule has 6 nitrogen and oxygen atoms in total. The first-order valence-electron chi connectivity index (χ1n) is 6.96. The number of hydrogen-bond acceptors (Lipinski definition) is 5. The molecule has 0 spiro atoms. The minimum absolute atomic E-state index is 0.489. The van der Waals surface area contributed by atoms with Gasteiger partial charge in [-0.3, -0.25) is 5.43 Å². The van der Waals surface area contributed by atoms with E-state index in [-0.39, 0.29) is 0 Å². The molecule has 0 atom stereocenters. The van der Waals surface area contributed by atoms with Crippen molar-refractivity contribution >= 4 is 34.6 Å². The molecule has 1 aromatic carbocycles. The van der Waals surface area contributed by atoms with Crippen LogP contribution in [-0.2, 0) is 0 Å². The number of nitrogens with one attached hydrogen (secondary N) is 2. The fourth-order valence-corrected chi connectivity index (χ4v) is 2.64. The number of thiocarbonyl (C=S) groups is 1. The maximum atomic E-state index is 6.09. The van der Waals surface area contributed by atoms with E-state index in [1.165, 1.54) is 0 Å². The standard InChI is InChI=1S/C14H21ClN4O2S/c1-18-4-6-19(7-5-18)17-14(22)16-11-9-12(20-2)10(15)8-13(11)21-3/h8-9H,4-7H2,1-3H3,(H2,16,17,22). The second-order valence-electron chi connectivity index (χ2n) is 5.04. The summed E-state index contributed by atoms with van der Waals surface area (Å²) in [6.45, 7) is 3.85. The number of halogens is 1. The van der Waals surface area contributed by atoms with Crippen molar-refractivity contribution in [3.63, 3.8) is 0 Å². The summed E-state index contributed by atoms with van der Waals surface area (Å²) < 4.78 is 10.5. The molecule has 1 saturated heterocycles. The van der Waals surface area contributed by atoms with Crippen LogP contribution in [0.25, 0.3) is 0 Å². The Morgan fingerprint density at radius 3 is 2.36 bits per heavy atom. The molecule has 2 rings (SSSR count). The third-order valence-electron chi connectivity index (χ3n) is 3.49. The summed E-state index contributed by atoms with van der Waals surface area (Å²) in [7, 11) is 5.26. The lowest BCUT2D eigenvalue weighted by Gasteiger charge is -2.33. The molecule has 0 radical (unpaired) electrons. The summed E-state index contributed by atoms with van der Waals surface area (Å²) >= 11 is 11.5. The topological polar surface area (TPSA) is 49.0 Å². The number of benzene rings is 1. The van der Waals surface area contributed by atoms with Gasteiger partial charge in [0.15, 0.2) is 5.11 Å². The predicted molar refractivity (Wildman–Crippen MR) is 93.0 cm³/mol. The third-order valence-corrected chi connectivity index (χ3v) is 3.97. The first-order chi connectivity index (χ1) is 10.5. The highest BCUT2D eigenvalue weighted by atomic mass is 35.5. The molecule has 122 valence electrons. The van der Waals surface area contributed by atoms with E-state index >= 15 is 0 Å². The first kappa shape index (κ1) is 17.1. The van der Waals surface area contributed by atoms with E-state index in [1.54, 1.807) is 26.4 Å². The summed E-state index contributed by atoms with van der Waals surface area (Å²) in [5, 5.41) is 6.21. The maximum Gasteiger partial charge on any atom is 0.185 e. The molecule has 1 aliphatic rings. The molecular formula is C14H21ClN4O2S. The van der Waals surface area contributed by atoms with Crippen LogP contribution in [0.15, 0.2) is 12.1 Å². The molecule has 0 bridgehead atoms. The van der Waals surface area contributed by atoms with Crippen LogP contribution in [-0.4, -0.2) is 62.5 Å². The van der Waals surface area contributed by atoms with Crippen LogP contribution >= 0.6 is 23.8 Å². The Kier molecular flexibility index (Phi) is 6.07.